The average molecular weight is 367 g/mol. The molecule has 0 heterocycles. The van der Waals surface area contributed by atoms with Gasteiger partial charge in [-0.15, -0.1) is 0 Å². The van der Waals surface area contributed by atoms with Crippen molar-refractivity contribution in [2.24, 2.45) is 0 Å². The molecule has 2 rings (SSSR count). The normalized spacial score (nSPS) is 10.0. The highest BCUT2D eigenvalue weighted by Crippen LogP contribution is 2.24. The maximum absolute atomic E-state index is 12.2. The van der Waals surface area contributed by atoms with Gasteiger partial charge in [-0.2, -0.15) is 0 Å². The Bertz CT molecular complexity index is 801. The summed E-state index contributed by atoms with van der Waals surface area (Å²) in [6, 6.07) is 14.5. The number of anilines is 3. The third-order valence-electron chi connectivity index (χ3n) is 3.58. The lowest BCUT2D eigenvalue weighted by molar-refractivity contribution is -0.116. The first-order valence-electron chi connectivity index (χ1n) is 8.77. The summed E-state index contributed by atoms with van der Waals surface area (Å²) in [5.41, 5.74) is 3.02. The van der Waals surface area contributed by atoms with Gasteiger partial charge < -0.3 is 20.7 Å². The Morgan fingerprint density at radius 1 is 0.963 bits per heavy atom. The first-order valence-corrected chi connectivity index (χ1v) is 8.77. The number of rotatable bonds is 9. The largest absolute Gasteiger partial charge is 0.487 e. The Morgan fingerprint density at radius 3 is 2.30 bits per heavy atom. The lowest BCUT2D eigenvalue weighted by atomic mass is 10.2. The maximum atomic E-state index is 12.2. The van der Waals surface area contributed by atoms with E-state index in [4.69, 9.17) is 4.74 Å². The highest BCUT2D eigenvalue weighted by atomic mass is 16.5. The summed E-state index contributed by atoms with van der Waals surface area (Å²) in [6.45, 7) is 7.98. The Hall–Kier alpha value is -3.28. The molecule has 0 spiro atoms. The number of benzene rings is 2. The third kappa shape index (κ3) is 6.86. The number of amides is 2. The molecule has 0 saturated heterocycles. The van der Waals surface area contributed by atoms with E-state index in [1.54, 1.807) is 31.2 Å². The molecule has 0 aliphatic heterocycles. The van der Waals surface area contributed by atoms with Gasteiger partial charge in [0.25, 0.3) is 0 Å². The molecule has 6 nitrogen and oxygen atoms in total. The molecule has 2 amide bonds. The van der Waals surface area contributed by atoms with E-state index in [0.29, 0.717) is 24.5 Å². The van der Waals surface area contributed by atoms with Crippen molar-refractivity contribution in [1.82, 2.24) is 0 Å². The maximum Gasteiger partial charge on any atom is 0.243 e. The molecule has 0 saturated carbocycles. The minimum Gasteiger partial charge on any atom is -0.487 e. The molecule has 2 aromatic rings. The van der Waals surface area contributed by atoms with Crippen LogP contribution in [0.1, 0.15) is 20.3 Å². The fourth-order valence-electron chi connectivity index (χ4n) is 2.19. The van der Waals surface area contributed by atoms with Gasteiger partial charge in [0.1, 0.15) is 12.4 Å². The van der Waals surface area contributed by atoms with E-state index in [0.717, 1.165) is 16.9 Å². The van der Waals surface area contributed by atoms with E-state index in [1.807, 2.05) is 31.2 Å². The molecule has 142 valence electrons. The van der Waals surface area contributed by atoms with Gasteiger partial charge in [-0.1, -0.05) is 25.6 Å². The topological polar surface area (TPSA) is 79.5 Å². The second-order valence-corrected chi connectivity index (χ2v) is 6.12. The van der Waals surface area contributed by atoms with Gasteiger partial charge in [-0.3, -0.25) is 9.59 Å². The van der Waals surface area contributed by atoms with Gasteiger partial charge in [0.2, 0.25) is 11.8 Å². The summed E-state index contributed by atoms with van der Waals surface area (Å²) < 4.78 is 5.65. The summed E-state index contributed by atoms with van der Waals surface area (Å²) in [5, 5.41) is 8.66. The number of hydrogen-bond donors (Lipinski definition) is 3. The third-order valence-corrected chi connectivity index (χ3v) is 3.58. The minimum atomic E-state index is -0.190. The second kappa shape index (κ2) is 10.0. The molecule has 27 heavy (non-hydrogen) atoms. The van der Waals surface area contributed by atoms with E-state index in [9.17, 15) is 9.59 Å². The van der Waals surface area contributed by atoms with Crippen LogP contribution in [0.25, 0.3) is 0 Å². The first-order chi connectivity index (χ1) is 13.0. The molecule has 0 unspecified atom stereocenters. The van der Waals surface area contributed by atoms with Crippen LogP contribution in [-0.4, -0.2) is 25.0 Å². The standard InChI is InChI=1S/C21H25N3O3/c1-4-20(25)23-17-11-9-16(10-12-17)22-13-21(26)24-18-7-5-6-8-19(18)27-14-15(2)3/h5-12,22H,2,4,13-14H2,1,3H3,(H,23,25)(H,24,26). The molecule has 0 fully saturated rings. The fourth-order valence-corrected chi connectivity index (χ4v) is 2.19. The first kappa shape index (κ1) is 20.0. The molecule has 0 atom stereocenters. The van der Waals surface area contributed by atoms with Gasteiger partial charge in [0, 0.05) is 17.8 Å². The highest BCUT2D eigenvalue weighted by Gasteiger charge is 2.08. The van der Waals surface area contributed by atoms with Crippen LogP contribution >= 0.6 is 0 Å². The quantitative estimate of drug-likeness (QED) is 0.585. The number of carbonyl (C=O) groups excluding carboxylic acids is 2. The molecule has 0 aliphatic rings. The van der Waals surface area contributed by atoms with Crippen LogP contribution in [0.2, 0.25) is 0 Å². The van der Waals surface area contributed by atoms with E-state index in [1.165, 1.54) is 0 Å². The van der Waals surface area contributed by atoms with Crippen molar-refractivity contribution < 1.29 is 14.3 Å². The van der Waals surface area contributed by atoms with Crippen LogP contribution in [0, 0.1) is 0 Å². The minimum absolute atomic E-state index is 0.0392. The molecule has 0 radical (unpaired) electrons. The van der Waals surface area contributed by atoms with Crippen molar-refractivity contribution in [2.45, 2.75) is 20.3 Å². The number of ether oxygens (including phenoxy) is 1. The lowest BCUT2D eigenvalue weighted by Crippen LogP contribution is -2.22. The van der Waals surface area contributed by atoms with Crippen LogP contribution in [0.5, 0.6) is 5.75 Å². The van der Waals surface area contributed by atoms with E-state index in [-0.39, 0.29) is 18.4 Å². The van der Waals surface area contributed by atoms with Crippen LogP contribution in [0.4, 0.5) is 17.1 Å². The Morgan fingerprint density at radius 2 is 1.63 bits per heavy atom. The predicted molar refractivity (Wildman–Crippen MR) is 109 cm³/mol. The van der Waals surface area contributed by atoms with Crippen LogP contribution < -0.4 is 20.7 Å². The molecule has 3 N–H and O–H groups in total. The second-order valence-electron chi connectivity index (χ2n) is 6.12. The van der Waals surface area contributed by atoms with Crippen LogP contribution in [0.3, 0.4) is 0 Å². The summed E-state index contributed by atoms with van der Waals surface area (Å²) in [5.74, 6) is 0.372. The molecule has 2 aromatic carbocycles. The molecular weight excluding hydrogens is 342 g/mol. The van der Waals surface area contributed by atoms with Crippen molar-refractivity contribution in [3.05, 3.63) is 60.7 Å². The SMILES string of the molecule is C=C(C)COc1ccccc1NC(=O)CNc1ccc(NC(=O)CC)cc1. The van der Waals surface area contributed by atoms with Crippen molar-refractivity contribution in [1.29, 1.82) is 0 Å². The van der Waals surface area contributed by atoms with Crippen molar-refractivity contribution >= 4 is 28.9 Å². The van der Waals surface area contributed by atoms with Crippen molar-refractivity contribution in [3.8, 4) is 5.75 Å². The average Bonchev–Trinajstić information content (AvgIpc) is 2.66. The summed E-state index contributed by atoms with van der Waals surface area (Å²) in [7, 11) is 0. The summed E-state index contributed by atoms with van der Waals surface area (Å²) in [6.07, 6.45) is 0.428. The number of hydrogen-bond acceptors (Lipinski definition) is 4. The number of carbonyl (C=O) groups is 2. The zero-order valence-electron chi connectivity index (χ0n) is 15.7. The molecular formula is C21H25N3O3. The highest BCUT2D eigenvalue weighted by molar-refractivity contribution is 5.95. The molecule has 0 bridgehead atoms. The molecule has 0 aliphatic carbocycles. The monoisotopic (exact) mass is 367 g/mol. The smallest absolute Gasteiger partial charge is 0.243 e. The predicted octanol–water partition coefficient (Wildman–Crippen LogP) is 4.04. The van der Waals surface area contributed by atoms with Crippen molar-refractivity contribution in [3.63, 3.8) is 0 Å². The summed E-state index contributed by atoms with van der Waals surface area (Å²) >= 11 is 0. The van der Waals surface area contributed by atoms with Gasteiger partial charge in [0.15, 0.2) is 0 Å². The zero-order chi connectivity index (χ0) is 19.6. The van der Waals surface area contributed by atoms with Gasteiger partial charge in [0.05, 0.1) is 12.2 Å². The Labute approximate surface area is 159 Å². The number of para-hydroxylation sites is 2. The van der Waals surface area contributed by atoms with E-state index in [2.05, 4.69) is 22.5 Å². The van der Waals surface area contributed by atoms with E-state index >= 15 is 0 Å². The van der Waals surface area contributed by atoms with E-state index < -0.39 is 0 Å². The zero-order valence-corrected chi connectivity index (χ0v) is 15.7. The van der Waals surface area contributed by atoms with Gasteiger partial charge in [-0.25, -0.2) is 0 Å². The lowest BCUT2D eigenvalue weighted by Gasteiger charge is -2.13. The Balaban J connectivity index is 1.87. The fraction of sp³-hybridized carbons (Fsp3) is 0.238. The molecule has 6 heteroatoms. The van der Waals surface area contributed by atoms with Crippen LogP contribution in [-0.2, 0) is 9.59 Å². The van der Waals surface area contributed by atoms with Crippen LogP contribution in [0.15, 0.2) is 60.7 Å². The summed E-state index contributed by atoms with van der Waals surface area (Å²) in [4.78, 5) is 23.6. The Kier molecular flexibility index (Phi) is 7.43. The van der Waals surface area contributed by atoms with Gasteiger partial charge in [-0.05, 0) is 48.9 Å². The van der Waals surface area contributed by atoms with Gasteiger partial charge >= 0.3 is 0 Å². The molecule has 0 aromatic heterocycles. The van der Waals surface area contributed by atoms with Crippen molar-refractivity contribution in [2.75, 3.05) is 29.1 Å². The number of nitrogens with one attached hydrogen (secondary N) is 3.